The van der Waals surface area contributed by atoms with Crippen molar-refractivity contribution >= 4 is 17.5 Å². The summed E-state index contributed by atoms with van der Waals surface area (Å²) >= 11 is 0. The molecule has 2 aliphatic heterocycles. The monoisotopic (exact) mass is 379 g/mol. The van der Waals surface area contributed by atoms with Crippen LogP contribution in [0.2, 0.25) is 0 Å². The van der Waals surface area contributed by atoms with E-state index in [1.807, 2.05) is 30.3 Å². The molecule has 0 aromatic heterocycles. The molecule has 2 N–H and O–H groups in total. The minimum atomic E-state index is -0.177. The molecule has 2 aliphatic rings. The minimum absolute atomic E-state index is 0.0298. The van der Waals surface area contributed by atoms with Gasteiger partial charge in [-0.2, -0.15) is 0 Å². The molecule has 0 bridgehead atoms. The topological polar surface area (TPSA) is 70.7 Å². The van der Waals surface area contributed by atoms with Gasteiger partial charge in [-0.25, -0.2) is 0 Å². The lowest BCUT2D eigenvalue weighted by Crippen LogP contribution is -2.37. The van der Waals surface area contributed by atoms with Crippen LogP contribution < -0.4 is 15.4 Å². The van der Waals surface area contributed by atoms with Crippen LogP contribution in [-0.4, -0.2) is 43.0 Å². The van der Waals surface area contributed by atoms with Gasteiger partial charge in [-0.3, -0.25) is 9.59 Å². The summed E-state index contributed by atoms with van der Waals surface area (Å²) in [5, 5.41) is 5.98. The Hall–Kier alpha value is -2.86. The number of amides is 2. The average molecular weight is 379 g/mol. The second-order valence-electron chi connectivity index (χ2n) is 7.38. The third kappa shape index (κ3) is 4.51. The van der Waals surface area contributed by atoms with Crippen molar-refractivity contribution in [1.29, 1.82) is 0 Å². The van der Waals surface area contributed by atoms with Gasteiger partial charge in [0.15, 0.2) is 6.61 Å². The summed E-state index contributed by atoms with van der Waals surface area (Å²) in [5.74, 6) is 0.430. The number of nitrogens with zero attached hydrogens (tertiary/aromatic N) is 1. The van der Waals surface area contributed by atoms with Crippen LogP contribution in [0.25, 0.3) is 0 Å². The van der Waals surface area contributed by atoms with E-state index in [0.717, 1.165) is 30.8 Å². The number of carbonyl (C=O) groups excluding carboxylic acids is 2. The highest BCUT2D eigenvalue weighted by molar-refractivity contribution is 5.95. The Labute approximate surface area is 164 Å². The van der Waals surface area contributed by atoms with Gasteiger partial charge in [0.25, 0.3) is 5.91 Å². The number of benzene rings is 2. The van der Waals surface area contributed by atoms with Crippen molar-refractivity contribution in [2.75, 3.05) is 31.6 Å². The average Bonchev–Trinajstić information content (AvgIpc) is 3.21. The molecule has 0 radical (unpaired) electrons. The minimum Gasteiger partial charge on any atom is -0.482 e. The SMILES string of the molecule is O=C1COc2ccc(CC(=O)N[C@H](CN3CCCC3)c3ccccc3)cc2N1. The molecule has 2 amide bonds. The number of nitrogens with one attached hydrogen (secondary N) is 2. The van der Waals surface area contributed by atoms with Gasteiger partial charge in [-0.15, -0.1) is 0 Å². The predicted octanol–water partition coefficient (Wildman–Crippen LogP) is 2.51. The molecule has 0 unspecified atom stereocenters. The van der Waals surface area contributed by atoms with Gasteiger partial charge in [0.2, 0.25) is 5.91 Å². The number of fused-ring (bicyclic) bond motifs is 1. The molecule has 1 saturated heterocycles. The molecular formula is C22H25N3O3. The van der Waals surface area contributed by atoms with Crippen molar-refractivity contribution in [3.8, 4) is 5.75 Å². The maximum atomic E-state index is 12.8. The summed E-state index contributed by atoms with van der Waals surface area (Å²) in [4.78, 5) is 26.7. The molecule has 146 valence electrons. The van der Waals surface area contributed by atoms with Crippen molar-refractivity contribution in [2.24, 2.45) is 0 Å². The first-order chi connectivity index (χ1) is 13.7. The fourth-order valence-electron chi connectivity index (χ4n) is 3.81. The van der Waals surface area contributed by atoms with Crippen LogP contribution in [-0.2, 0) is 16.0 Å². The van der Waals surface area contributed by atoms with E-state index in [-0.39, 0.29) is 30.9 Å². The summed E-state index contributed by atoms with van der Waals surface area (Å²) in [7, 11) is 0. The summed E-state index contributed by atoms with van der Waals surface area (Å²) in [6.07, 6.45) is 2.70. The Morgan fingerprint density at radius 1 is 1.14 bits per heavy atom. The van der Waals surface area contributed by atoms with E-state index >= 15 is 0 Å². The van der Waals surface area contributed by atoms with E-state index in [0.29, 0.717) is 11.4 Å². The standard InChI is InChI=1S/C22H25N3O3/c26-21(13-16-8-9-20-18(12-16)23-22(27)15-28-20)24-19(14-25-10-4-5-11-25)17-6-2-1-3-7-17/h1-3,6-9,12,19H,4-5,10-11,13-15H2,(H,23,27)(H,24,26)/t19-/m1/s1. The van der Waals surface area contributed by atoms with Crippen LogP contribution in [0.5, 0.6) is 5.75 Å². The maximum absolute atomic E-state index is 12.8. The van der Waals surface area contributed by atoms with Gasteiger partial charge in [-0.1, -0.05) is 36.4 Å². The zero-order chi connectivity index (χ0) is 19.3. The number of hydrogen-bond donors (Lipinski definition) is 2. The fraction of sp³-hybridized carbons (Fsp3) is 0.364. The van der Waals surface area contributed by atoms with E-state index < -0.39 is 0 Å². The summed E-state index contributed by atoms with van der Waals surface area (Å²) in [5.41, 5.74) is 2.59. The molecule has 4 rings (SSSR count). The van der Waals surface area contributed by atoms with E-state index in [1.165, 1.54) is 12.8 Å². The molecule has 1 fully saturated rings. The Kier molecular flexibility index (Phi) is 5.58. The first-order valence-corrected chi connectivity index (χ1v) is 9.79. The first kappa shape index (κ1) is 18.5. The van der Waals surface area contributed by atoms with Crippen LogP contribution in [0.3, 0.4) is 0 Å². The summed E-state index contributed by atoms with van der Waals surface area (Å²) in [6.45, 7) is 3.03. The third-order valence-corrected chi connectivity index (χ3v) is 5.22. The molecule has 0 aliphatic carbocycles. The van der Waals surface area contributed by atoms with E-state index in [1.54, 1.807) is 6.07 Å². The Balaban J connectivity index is 1.44. The van der Waals surface area contributed by atoms with Gasteiger partial charge < -0.3 is 20.3 Å². The molecular weight excluding hydrogens is 354 g/mol. The highest BCUT2D eigenvalue weighted by atomic mass is 16.5. The van der Waals surface area contributed by atoms with Crippen LogP contribution in [0.15, 0.2) is 48.5 Å². The molecule has 0 spiro atoms. The number of hydrogen-bond acceptors (Lipinski definition) is 4. The van der Waals surface area contributed by atoms with Crippen molar-refractivity contribution < 1.29 is 14.3 Å². The smallest absolute Gasteiger partial charge is 0.262 e. The number of carbonyl (C=O) groups is 2. The second-order valence-corrected chi connectivity index (χ2v) is 7.38. The normalized spacial score (nSPS) is 17.4. The van der Waals surface area contributed by atoms with Crippen LogP contribution in [0.1, 0.15) is 30.0 Å². The van der Waals surface area contributed by atoms with E-state index in [2.05, 4.69) is 27.7 Å². The molecule has 2 heterocycles. The van der Waals surface area contributed by atoms with Crippen LogP contribution in [0, 0.1) is 0 Å². The number of ether oxygens (including phenoxy) is 1. The van der Waals surface area contributed by atoms with E-state index in [4.69, 9.17) is 4.74 Å². The van der Waals surface area contributed by atoms with E-state index in [9.17, 15) is 9.59 Å². The highest BCUT2D eigenvalue weighted by Crippen LogP contribution is 2.28. The lowest BCUT2D eigenvalue weighted by molar-refractivity contribution is -0.121. The lowest BCUT2D eigenvalue weighted by Gasteiger charge is -2.25. The van der Waals surface area contributed by atoms with Gasteiger partial charge in [0.1, 0.15) is 5.75 Å². The molecule has 28 heavy (non-hydrogen) atoms. The fourth-order valence-corrected chi connectivity index (χ4v) is 3.81. The first-order valence-electron chi connectivity index (χ1n) is 9.79. The van der Waals surface area contributed by atoms with Crippen LogP contribution >= 0.6 is 0 Å². The van der Waals surface area contributed by atoms with Gasteiger partial charge >= 0.3 is 0 Å². The third-order valence-electron chi connectivity index (χ3n) is 5.22. The van der Waals surface area contributed by atoms with Crippen molar-refractivity contribution in [2.45, 2.75) is 25.3 Å². The zero-order valence-corrected chi connectivity index (χ0v) is 15.8. The van der Waals surface area contributed by atoms with Crippen molar-refractivity contribution in [3.63, 3.8) is 0 Å². The predicted molar refractivity (Wildman–Crippen MR) is 107 cm³/mol. The molecule has 2 aromatic carbocycles. The number of anilines is 1. The van der Waals surface area contributed by atoms with Gasteiger partial charge in [0.05, 0.1) is 18.2 Å². The van der Waals surface area contributed by atoms with Gasteiger partial charge in [-0.05, 0) is 49.2 Å². The second kappa shape index (κ2) is 8.44. The Morgan fingerprint density at radius 3 is 2.71 bits per heavy atom. The quantitative estimate of drug-likeness (QED) is 0.809. The highest BCUT2D eigenvalue weighted by Gasteiger charge is 2.21. The number of rotatable bonds is 6. The molecule has 2 aromatic rings. The maximum Gasteiger partial charge on any atom is 0.262 e. The van der Waals surface area contributed by atoms with Crippen molar-refractivity contribution in [1.82, 2.24) is 10.2 Å². The molecule has 1 atom stereocenters. The Morgan fingerprint density at radius 2 is 1.93 bits per heavy atom. The molecule has 6 heteroatoms. The molecule has 6 nitrogen and oxygen atoms in total. The summed E-state index contributed by atoms with van der Waals surface area (Å²) < 4.78 is 5.37. The lowest BCUT2D eigenvalue weighted by atomic mass is 10.0. The van der Waals surface area contributed by atoms with Crippen LogP contribution in [0.4, 0.5) is 5.69 Å². The van der Waals surface area contributed by atoms with Gasteiger partial charge in [0, 0.05) is 6.54 Å². The Bertz CT molecular complexity index is 847. The summed E-state index contributed by atoms with van der Waals surface area (Å²) in [6, 6.07) is 15.6. The number of likely N-dealkylation sites (tertiary alicyclic amines) is 1. The molecule has 0 saturated carbocycles. The van der Waals surface area contributed by atoms with Crippen molar-refractivity contribution in [3.05, 3.63) is 59.7 Å². The zero-order valence-electron chi connectivity index (χ0n) is 15.8. The largest absolute Gasteiger partial charge is 0.482 e.